The fraction of sp³-hybridized carbons (Fsp3) is 0. The number of carbonyl (C=O) groups is 1. The Bertz CT molecular complexity index is 490. The first-order valence-electron chi connectivity index (χ1n) is 4.25. The van der Waals surface area contributed by atoms with Crippen LogP contribution in [0.1, 0.15) is 5.56 Å². The Morgan fingerprint density at radius 3 is 1.94 bits per heavy atom. The van der Waals surface area contributed by atoms with Crippen LogP contribution in [0.3, 0.4) is 0 Å². The van der Waals surface area contributed by atoms with Gasteiger partial charge in [-0.15, -0.1) is 0 Å². The van der Waals surface area contributed by atoms with E-state index in [2.05, 4.69) is 0 Å². The zero-order valence-corrected chi connectivity index (χ0v) is 8.27. The number of carboxylic acid groups (broad SMARTS) is 1. The van der Waals surface area contributed by atoms with Gasteiger partial charge in [0.25, 0.3) is 11.4 Å². The third kappa shape index (κ3) is 3.38. The molecule has 0 aliphatic rings. The Morgan fingerprint density at radius 1 is 1.12 bits per heavy atom. The monoisotopic (exact) mass is 238 g/mol. The predicted octanol–water partition coefficient (Wildman–Crippen LogP) is 1.60. The van der Waals surface area contributed by atoms with Crippen molar-refractivity contribution in [3.63, 3.8) is 0 Å². The summed E-state index contributed by atoms with van der Waals surface area (Å²) in [5.41, 5.74) is -0.859. The van der Waals surface area contributed by atoms with Crippen molar-refractivity contribution in [3.05, 3.63) is 50.1 Å². The van der Waals surface area contributed by atoms with Crippen LogP contribution < -0.4 is 0 Å². The van der Waals surface area contributed by atoms with E-state index in [1.54, 1.807) is 0 Å². The van der Waals surface area contributed by atoms with Gasteiger partial charge in [0.15, 0.2) is 0 Å². The Labute approximate surface area is 94.1 Å². The number of hydrogen-bond acceptors (Lipinski definition) is 5. The van der Waals surface area contributed by atoms with Gasteiger partial charge in [-0.1, -0.05) is 0 Å². The minimum absolute atomic E-state index is 0.0771. The number of nitrogens with zero attached hydrogens (tertiary/aromatic N) is 2. The molecule has 8 nitrogen and oxygen atoms in total. The summed E-state index contributed by atoms with van der Waals surface area (Å²) >= 11 is 0. The van der Waals surface area contributed by atoms with Crippen LogP contribution in [0.25, 0.3) is 6.08 Å². The fourth-order valence-corrected chi connectivity index (χ4v) is 1.09. The van der Waals surface area contributed by atoms with Gasteiger partial charge in [0.05, 0.1) is 15.9 Å². The van der Waals surface area contributed by atoms with E-state index in [4.69, 9.17) is 5.11 Å². The van der Waals surface area contributed by atoms with Gasteiger partial charge in [-0.3, -0.25) is 20.2 Å². The number of nitro groups is 2. The first-order chi connectivity index (χ1) is 7.90. The largest absolute Gasteiger partial charge is 0.478 e. The van der Waals surface area contributed by atoms with E-state index in [1.165, 1.54) is 0 Å². The summed E-state index contributed by atoms with van der Waals surface area (Å²) < 4.78 is 0. The molecule has 0 aliphatic heterocycles. The average Bonchev–Trinajstić information content (AvgIpc) is 2.25. The zero-order chi connectivity index (χ0) is 13.0. The SMILES string of the molecule is O=C(O)/C=C/c1cc([N+](=O)[O-])cc([N+](=O)[O-])c1. The number of aliphatic carboxylic acids is 1. The molecule has 1 aromatic rings. The van der Waals surface area contributed by atoms with Gasteiger partial charge in [-0.2, -0.15) is 0 Å². The molecule has 0 fully saturated rings. The molecule has 88 valence electrons. The third-order valence-corrected chi connectivity index (χ3v) is 1.76. The second-order valence-electron chi connectivity index (χ2n) is 2.97. The van der Waals surface area contributed by atoms with Crippen LogP contribution in [0.15, 0.2) is 24.3 Å². The molecule has 0 atom stereocenters. The quantitative estimate of drug-likeness (QED) is 0.482. The van der Waals surface area contributed by atoms with Gasteiger partial charge < -0.3 is 5.11 Å². The minimum atomic E-state index is -1.25. The molecule has 0 heterocycles. The second kappa shape index (κ2) is 4.84. The molecule has 0 unspecified atom stereocenters. The van der Waals surface area contributed by atoms with Crippen molar-refractivity contribution in [1.29, 1.82) is 0 Å². The van der Waals surface area contributed by atoms with Crippen LogP contribution in [0.2, 0.25) is 0 Å². The van der Waals surface area contributed by atoms with Crippen molar-refractivity contribution in [3.8, 4) is 0 Å². The van der Waals surface area contributed by atoms with E-state index in [0.717, 1.165) is 30.4 Å². The molecule has 0 aromatic heterocycles. The first-order valence-corrected chi connectivity index (χ1v) is 4.25. The maximum Gasteiger partial charge on any atom is 0.328 e. The summed E-state index contributed by atoms with van der Waals surface area (Å²) in [6.45, 7) is 0. The molecular weight excluding hydrogens is 232 g/mol. The number of hydrogen-bond donors (Lipinski definition) is 1. The molecule has 0 aliphatic carbocycles. The molecule has 0 saturated heterocycles. The van der Waals surface area contributed by atoms with E-state index in [-0.39, 0.29) is 5.56 Å². The smallest absolute Gasteiger partial charge is 0.328 e. The summed E-state index contributed by atoms with van der Waals surface area (Å²) in [7, 11) is 0. The minimum Gasteiger partial charge on any atom is -0.478 e. The van der Waals surface area contributed by atoms with Gasteiger partial charge in [-0.05, 0) is 11.6 Å². The van der Waals surface area contributed by atoms with Crippen LogP contribution in [-0.2, 0) is 4.79 Å². The molecule has 1 aromatic carbocycles. The summed E-state index contributed by atoms with van der Waals surface area (Å²) in [5.74, 6) is -1.25. The van der Waals surface area contributed by atoms with Crippen LogP contribution in [0, 0.1) is 20.2 Å². The van der Waals surface area contributed by atoms with Crippen LogP contribution in [0.5, 0.6) is 0 Å². The Hall–Kier alpha value is -2.77. The van der Waals surface area contributed by atoms with Crippen LogP contribution in [-0.4, -0.2) is 20.9 Å². The highest BCUT2D eigenvalue weighted by Crippen LogP contribution is 2.23. The lowest BCUT2D eigenvalue weighted by Gasteiger charge is -1.96. The van der Waals surface area contributed by atoms with Crippen molar-refractivity contribution in [1.82, 2.24) is 0 Å². The molecule has 17 heavy (non-hydrogen) atoms. The molecule has 1 N–H and O–H groups in total. The summed E-state index contributed by atoms with van der Waals surface area (Å²) in [6.07, 6.45) is 1.78. The highest BCUT2D eigenvalue weighted by molar-refractivity contribution is 5.85. The number of benzene rings is 1. The number of rotatable bonds is 4. The summed E-state index contributed by atoms with van der Waals surface area (Å²) in [4.78, 5) is 29.7. The number of carboxylic acids is 1. The second-order valence-corrected chi connectivity index (χ2v) is 2.97. The van der Waals surface area contributed by atoms with E-state index in [1.807, 2.05) is 0 Å². The number of non-ortho nitro benzene ring substituents is 2. The molecule has 0 saturated carbocycles. The van der Waals surface area contributed by atoms with Crippen molar-refractivity contribution < 1.29 is 19.7 Å². The van der Waals surface area contributed by atoms with Gasteiger partial charge >= 0.3 is 5.97 Å². The van der Waals surface area contributed by atoms with Crippen molar-refractivity contribution in [2.24, 2.45) is 0 Å². The third-order valence-electron chi connectivity index (χ3n) is 1.76. The van der Waals surface area contributed by atoms with E-state index in [0.29, 0.717) is 0 Å². The Balaban J connectivity index is 3.26. The van der Waals surface area contributed by atoms with Crippen LogP contribution in [0.4, 0.5) is 11.4 Å². The average molecular weight is 238 g/mol. The van der Waals surface area contributed by atoms with E-state index < -0.39 is 27.2 Å². The van der Waals surface area contributed by atoms with Gasteiger partial charge in [0.2, 0.25) is 0 Å². The van der Waals surface area contributed by atoms with Gasteiger partial charge in [0.1, 0.15) is 0 Å². The first kappa shape index (κ1) is 12.3. The normalized spacial score (nSPS) is 10.4. The lowest BCUT2D eigenvalue weighted by atomic mass is 10.1. The lowest BCUT2D eigenvalue weighted by molar-refractivity contribution is -0.394. The maximum atomic E-state index is 10.5. The molecule has 0 bridgehead atoms. The molecule has 8 heteroatoms. The summed E-state index contributed by atoms with van der Waals surface area (Å²) in [6, 6.07) is 2.90. The predicted molar refractivity (Wildman–Crippen MR) is 56.4 cm³/mol. The fourth-order valence-electron chi connectivity index (χ4n) is 1.09. The lowest BCUT2D eigenvalue weighted by Crippen LogP contribution is -1.94. The topological polar surface area (TPSA) is 124 Å². The molecule has 0 spiro atoms. The molecular formula is C9H6N2O6. The zero-order valence-electron chi connectivity index (χ0n) is 8.27. The summed E-state index contributed by atoms with van der Waals surface area (Å²) in [5, 5.41) is 29.4. The van der Waals surface area contributed by atoms with Crippen molar-refractivity contribution >= 4 is 23.4 Å². The van der Waals surface area contributed by atoms with Crippen molar-refractivity contribution in [2.45, 2.75) is 0 Å². The maximum absolute atomic E-state index is 10.5. The number of nitro benzene ring substituents is 2. The molecule has 0 amide bonds. The Kier molecular flexibility index (Phi) is 3.50. The highest BCUT2D eigenvalue weighted by Gasteiger charge is 2.15. The standard InChI is InChI=1S/C9H6N2O6/c12-9(13)2-1-6-3-7(10(14)15)5-8(4-6)11(16)17/h1-5H,(H,12,13)/b2-1+. The van der Waals surface area contributed by atoms with Crippen molar-refractivity contribution in [2.75, 3.05) is 0 Å². The van der Waals surface area contributed by atoms with Crippen LogP contribution >= 0.6 is 0 Å². The van der Waals surface area contributed by atoms with Gasteiger partial charge in [0, 0.05) is 18.2 Å². The molecule has 0 radical (unpaired) electrons. The Morgan fingerprint density at radius 2 is 1.59 bits per heavy atom. The van der Waals surface area contributed by atoms with E-state index in [9.17, 15) is 25.0 Å². The highest BCUT2D eigenvalue weighted by atomic mass is 16.6. The van der Waals surface area contributed by atoms with Gasteiger partial charge in [-0.25, -0.2) is 4.79 Å². The van der Waals surface area contributed by atoms with E-state index >= 15 is 0 Å². The molecule has 1 rings (SSSR count).